The fourth-order valence-electron chi connectivity index (χ4n) is 3.00. The molecule has 0 bridgehead atoms. The molecule has 2 heterocycles. The maximum absolute atomic E-state index is 12.3. The summed E-state index contributed by atoms with van der Waals surface area (Å²) in [4.78, 5) is 14.7. The number of piperidine rings is 1. The highest BCUT2D eigenvalue weighted by Crippen LogP contribution is 2.29. The van der Waals surface area contributed by atoms with Crippen molar-refractivity contribution in [2.24, 2.45) is 0 Å². The van der Waals surface area contributed by atoms with E-state index in [-0.39, 0.29) is 11.2 Å². The molecule has 0 unspecified atom stereocenters. The van der Waals surface area contributed by atoms with E-state index in [0.717, 1.165) is 18.7 Å². The van der Waals surface area contributed by atoms with Crippen LogP contribution < -0.4 is 5.43 Å². The summed E-state index contributed by atoms with van der Waals surface area (Å²) < 4.78 is 5.84. The molecule has 4 nitrogen and oxygen atoms in total. The zero-order valence-corrected chi connectivity index (χ0v) is 12.6. The molecule has 0 amide bonds. The largest absolute Gasteiger partial charge is 0.507 e. The highest BCUT2D eigenvalue weighted by molar-refractivity contribution is 5.82. The first-order valence-corrected chi connectivity index (χ1v) is 7.55. The lowest BCUT2D eigenvalue weighted by Gasteiger charge is -2.26. The zero-order chi connectivity index (χ0) is 15.0. The van der Waals surface area contributed by atoms with Gasteiger partial charge in [0.1, 0.15) is 17.1 Å². The molecule has 1 fully saturated rings. The molecule has 112 valence electrons. The monoisotopic (exact) mass is 287 g/mol. The van der Waals surface area contributed by atoms with Crippen molar-refractivity contribution in [3.63, 3.8) is 0 Å². The number of phenolic OH excluding ortho intramolecular Hbond substituents is 1. The average molecular weight is 287 g/mol. The number of nitrogens with zero attached hydrogens (tertiary/aromatic N) is 1. The van der Waals surface area contributed by atoms with E-state index in [9.17, 15) is 9.90 Å². The molecule has 21 heavy (non-hydrogen) atoms. The molecule has 0 saturated carbocycles. The van der Waals surface area contributed by atoms with Crippen molar-refractivity contribution in [1.82, 2.24) is 4.90 Å². The lowest BCUT2D eigenvalue weighted by Crippen LogP contribution is -2.29. The van der Waals surface area contributed by atoms with Crippen LogP contribution in [0.1, 0.15) is 36.1 Å². The molecular formula is C17H21NO3. The van der Waals surface area contributed by atoms with Crippen LogP contribution in [0.15, 0.2) is 21.3 Å². The van der Waals surface area contributed by atoms with Crippen molar-refractivity contribution in [3.05, 3.63) is 39.2 Å². The molecule has 1 aromatic carbocycles. The summed E-state index contributed by atoms with van der Waals surface area (Å²) in [7, 11) is 0. The van der Waals surface area contributed by atoms with Crippen molar-refractivity contribution in [2.75, 3.05) is 13.1 Å². The lowest BCUT2D eigenvalue weighted by atomic mass is 10.0. The van der Waals surface area contributed by atoms with E-state index in [2.05, 4.69) is 4.90 Å². The third kappa shape index (κ3) is 2.56. The van der Waals surface area contributed by atoms with E-state index in [1.807, 2.05) is 0 Å². The number of rotatable bonds is 2. The van der Waals surface area contributed by atoms with Crippen LogP contribution in [0.3, 0.4) is 0 Å². The summed E-state index contributed by atoms with van der Waals surface area (Å²) in [5, 5.41) is 10.8. The summed E-state index contributed by atoms with van der Waals surface area (Å²) in [5.74, 6) is 0.831. The molecular weight excluding hydrogens is 266 g/mol. The van der Waals surface area contributed by atoms with Gasteiger partial charge in [0.25, 0.3) is 0 Å². The normalized spacial score (nSPS) is 16.5. The topological polar surface area (TPSA) is 53.7 Å². The van der Waals surface area contributed by atoms with Crippen LogP contribution in [0.2, 0.25) is 0 Å². The van der Waals surface area contributed by atoms with E-state index in [0.29, 0.717) is 28.8 Å². The van der Waals surface area contributed by atoms with Gasteiger partial charge in [0.2, 0.25) is 0 Å². The Kier molecular flexibility index (Phi) is 3.72. The van der Waals surface area contributed by atoms with Crippen molar-refractivity contribution in [1.29, 1.82) is 0 Å². The smallest absolute Gasteiger partial charge is 0.195 e. The maximum Gasteiger partial charge on any atom is 0.195 e. The van der Waals surface area contributed by atoms with Crippen LogP contribution in [0.25, 0.3) is 11.0 Å². The number of likely N-dealkylation sites (tertiary alicyclic amines) is 1. The molecule has 3 rings (SSSR count). The van der Waals surface area contributed by atoms with Gasteiger partial charge in [0.05, 0.1) is 10.9 Å². The van der Waals surface area contributed by atoms with Crippen LogP contribution in [0.4, 0.5) is 0 Å². The lowest BCUT2D eigenvalue weighted by molar-refractivity contribution is 0.218. The zero-order valence-electron chi connectivity index (χ0n) is 12.6. The third-order valence-electron chi connectivity index (χ3n) is 4.43. The van der Waals surface area contributed by atoms with E-state index in [1.54, 1.807) is 26.0 Å². The Labute approximate surface area is 124 Å². The standard InChI is InChI=1S/C17H21NO3/c1-11-12(2)21-17-13(16(11)20)6-7-15(19)14(17)10-18-8-4-3-5-9-18/h6-7,19H,3-5,8-10H2,1-2H3. The second-order valence-electron chi connectivity index (χ2n) is 5.89. The third-order valence-corrected chi connectivity index (χ3v) is 4.43. The minimum atomic E-state index is -0.00589. The summed E-state index contributed by atoms with van der Waals surface area (Å²) in [6, 6.07) is 3.26. The second-order valence-corrected chi connectivity index (χ2v) is 5.89. The fraction of sp³-hybridized carbons (Fsp3) is 0.471. The first-order chi connectivity index (χ1) is 10.1. The van der Waals surface area contributed by atoms with Crippen molar-refractivity contribution in [3.8, 4) is 5.75 Å². The van der Waals surface area contributed by atoms with Crippen LogP contribution in [-0.2, 0) is 6.54 Å². The number of fused-ring (bicyclic) bond motifs is 1. The molecule has 4 heteroatoms. The number of aryl methyl sites for hydroxylation is 1. The Morgan fingerprint density at radius 3 is 2.62 bits per heavy atom. The summed E-state index contributed by atoms with van der Waals surface area (Å²) in [5.41, 5.74) is 1.90. The van der Waals surface area contributed by atoms with Gasteiger partial charge in [-0.3, -0.25) is 9.69 Å². The highest BCUT2D eigenvalue weighted by Gasteiger charge is 2.18. The summed E-state index contributed by atoms with van der Waals surface area (Å²) in [6.07, 6.45) is 3.65. The molecule has 1 saturated heterocycles. The molecule has 0 radical (unpaired) electrons. The van der Waals surface area contributed by atoms with Gasteiger partial charge in [-0.25, -0.2) is 0 Å². The van der Waals surface area contributed by atoms with Crippen molar-refractivity contribution in [2.45, 2.75) is 39.7 Å². The number of hydrogen-bond acceptors (Lipinski definition) is 4. The molecule has 0 atom stereocenters. The molecule has 1 N–H and O–H groups in total. The van der Waals surface area contributed by atoms with Crippen LogP contribution in [0, 0.1) is 13.8 Å². The number of aromatic hydroxyl groups is 1. The van der Waals surface area contributed by atoms with Gasteiger partial charge in [-0.15, -0.1) is 0 Å². The first-order valence-electron chi connectivity index (χ1n) is 7.55. The van der Waals surface area contributed by atoms with Crippen LogP contribution >= 0.6 is 0 Å². The Balaban J connectivity index is 2.12. The fourth-order valence-corrected chi connectivity index (χ4v) is 3.00. The Morgan fingerprint density at radius 1 is 1.19 bits per heavy atom. The van der Waals surface area contributed by atoms with Crippen LogP contribution in [-0.4, -0.2) is 23.1 Å². The maximum atomic E-state index is 12.3. The molecule has 1 aromatic heterocycles. The molecule has 0 aliphatic carbocycles. The Bertz CT molecular complexity index is 727. The minimum Gasteiger partial charge on any atom is -0.507 e. The molecule has 0 spiro atoms. The molecule has 1 aliphatic heterocycles. The quantitative estimate of drug-likeness (QED) is 0.922. The summed E-state index contributed by atoms with van der Waals surface area (Å²) >= 11 is 0. The van der Waals surface area contributed by atoms with E-state index in [1.165, 1.54) is 19.3 Å². The Hall–Kier alpha value is -1.81. The van der Waals surface area contributed by atoms with Gasteiger partial charge in [-0.05, 0) is 51.9 Å². The molecule has 1 aliphatic rings. The van der Waals surface area contributed by atoms with E-state index in [4.69, 9.17) is 4.42 Å². The van der Waals surface area contributed by atoms with Gasteiger partial charge >= 0.3 is 0 Å². The van der Waals surface area contributed by atoms with Gasteiger partial charge in [0.15, 0.2) is 5.43 Å². The average Bonchev–Trinajstić information content (AvgIpc) is 2.49. The Morgan fingerprint density at radius 2 is 1.90 bits per heavy atom. The highest BCUT2D eigenvalue weighted by atomic mass is 16.3. The number of phenols is 1. The van der Waals surface area contributed by atoms with Crippen LogP contribution in [0.5, 0.6) is 5.75 Å². The number of hydrogen-bond donors (Lipinski definition) is 1. The van der Waals surface area contributed by atoms with E-state index >= 15 is 0 Å². The van der Waals surface area contributed by atoms with Gasteiger partial charge in [0, 0.05) is 12.1 Å². The first kappa shape index (κ1) is 14.1. The second kappa shape index (κ2) is 5.53. The number of benzene rings is 1. The predicted molar refractivity (Wildman–Crippen MR) is 82.8 cm³/mol. The summed E-state index contributed by atoms with van der Waals surface area (Å²) in [6.45, 7) is 6.27. The van der Waals surface area contributed by atoms with Gasteiger partial charge < -0.3 is 9.52 Å². The SMILES string of the molecule is Cc1oc2c(CN3CCCCC3)c(O)ccc2c(=O)c1C. The van der Waals surface area contributed by atoms with Gasteiger partial charge in [-0.2, -0.15) is 0 Å². The van der Waals surface area contributed by atoms with E-state index < -0.39 is 0 Å². The van der Waals surface area contributed by atoms with Gasteiger partial charge in [-0.1, -0.05) is 6.42 Å². The minimum absolute atomic E-state index is 0.00589. The van der Waals surface area contributed by atoms with Crippen molar-refractivity contribution < 1.29 is 9.52 Å². The molecule has 2 aromatic rings. The van der Waals surface area contributed by atoms with Crippen molar-refractivity contribution >= 4 is 11.0 Å². The predicted octanol–water partition coefficient (Wildman–Crippen LogP) is 3.10.